The average Bonchev–Trinajstić information content (AvgIpc) is 1.90. The molecule has 42 valence electrons. The van der Waals surface area contributed by atoms with E-state index >= 15 is 0 Å². The summed E-state index contributed by atoms with van der Waals surface area (Å²) in [6.07, 6.45) is 15.1. The van der Waals surface area contributed by atoms with Crippen LogP contribution in [0.4, 0.5) is 0 Å². The molecule has 0 aliphatic heterocycles. The van der Waals surface area contributed by atoms with E-state index in [0.29, 0.717) is 5.57 Å². The summed E-state index contributed by atoms with van der Waals surface area (Å²) in [7, 11) is 0.751. The fraction of sp³-hybridized carbons (Fsp3) is 0. The maximum Gasteiger partial charge on any atom is 0.0801 e. The van der Waals surface area contributed by atoms with Gasteiger partial charge in [-0.25, -0.2) is 0 Å². The molecule has 0 unspecified atom stereocenters. The summed E-state index contributed by atoms with van der Waals surface area (Å²) in [5, 5.41) is 0.778. The number of allylic oxidation sites excluding steroid dienone is 2. The molecule has 0 spiro atoms. The number of terminal acetylenes is 3. The predicted octanol–water partition coefficient (Wildman–Crippen LogP) is -0.495. The third-order valence-corrected chi connectivity index (χ3v) is 1.67. The Balaban J connectivity index is 4.78. The molecule has 0 rings (SSSR count). The van der Waals surface area contributed by atoms with Crippen LogP contribution in [0.25, 0.3) is 0 Å². The van der Waals surface area contributed by atoms with Crippen LogP contribution in [0.1, 0.15) is 0 Å². The maximum atomic E-state index is 5.06. The fourth-order valence-electron chi connectivity index (χ4n) is 0.330. The lowest BCUT2D eigenvalue weighted by atomic mass is 10.3. The first-order valence-corrected chi connectivity index (χ1v) is 3.37. The van der Waals surface area contributed by atoms with Crippen LogP contribution in [-0.2, 0) is 0 Å². The molecule has 0 atom stereocenters. The average molecular weight is 130 g/mol. The molecule has 0 heterocycles. The first-order chi connectivity index (χ1) is 4.26. The van der Waals surface area contributed by atoms with Gasteiger partial charge in [-0.15, -0.1) is 19.3 Å². The Bertz CT molecular complexity index is 234. The monoisotopic (exact) mass is 130 g/mol. The van der Waals surface area contributed by atoms with Gasteiger partial charge in [-0.05, 0) is 0 Å². The molecule has 0 aromatic rings. The van der Waals surface area contributed by atoms with Crippen molar-refractivity contribution in [2.45, 2.75) is 0 Å². The lowest BCUT2D eigenvalue weighted by molar-refractivity contribution is 1.86. The first-order valence-electron chi connectivity index (χ1n) is 2.37. The Hall–Kier alpha value is -1.36. The highest BCUT2D eigenvalue weighted by molar-refractivity contribution is 6.25. The van der Waals surface area contributed by atoms with Gasteiger partial charge in [0.25, 0.3) is 0 Å². The van der Waals surface area contributed by atoms with Gasteiger partial charge in [0.2, 0.25) is 0 Å². The molecule has 0 bridgehead atoms. The van der Waals surface area contributed by atoms with Gasteiger partial charge in [0.1, 0.15) is 0 Å². The third kappa shape index (κ3) is 1.91. The van der Waals surface area contributed by atoms with Crippen molar-refractivity contribution in [2.75, 3.05) is 0 Å². The summed E-state index contributed by atoms with van der Waals surface area (Å²) in [6, 6.07) is 0. The van der Waals surface area contributed by atoms with Crippen LogP contribution in [0.15, 0.2) is 10.8 Å². The molecule has 0 saturated carbocycles. The van der Waals surface area contributed by atoms with Crippen LogP contribution in [0, 0.1) is 37.0 Å². The van der Waals surface area contributed by atoms with E-state index in [0.717, 1.165) is 15.4 Å². The van der Waals surface area contributed by atoms with Crippen LogP contribution in [0.2, 0.25) is 0 Å². The Morgan fingerprint density at radius 1 is 1.00 bits per heavy atom. The summed E-state index contributed by atoms with van der Waals surface area (Å²) in [6.45, 7) is 0. The van der Waals surface area contributed by atoms with E-state index in [9.17, 15) is 0 Å². The van der Waals surface area contributed by atoms with Crippen molar-refractivity contribution >= 4 is 10.2 Å². The topological polar surface area (TPSA) is 0 Å². The van der Waals surface area contributed by atoms with Gasteiger partial charge in [-0.2, -0.15) is 0 Å². The molecule has 0 amide bonds. The van der Waals surface area contributed by atoms with Gasteiger partial charge in [0.15, 0.2) is 0 Å². The molecule has 0 radical (unpaired) electrons. The van der Waals surface area contributed by atoms with E-state index in [4.69, 9.17) is 19.3 Å². The minimum atomic E-state index is 0.518. The Labute approximate surface area is 58.8 Å². The van der Waals surface area contributed by atoms with Crippen molar-refractivity contribution in [2.24, 2.45) is 0 Å². The SMILES string of the molecule is C#CC([SiH3])=C(C#C)C#C. The van der Waals surface area contributed by atoms with Crippen LogP contribution in [-0.4, -0.2) is 10.2 Å². The summed E-state index contributed by atoms with van der Waals surface area (Å²) in [5.41, 5.74) is 0.518. The molecule has 0 aliphatic carbocycles. The number of rotatable bonds is 0. The van der Waals surface area contributed by atoms with Crippen LogP contribution in [0.3, 0.4) is 0 Å². The van der Waals surface area contributed by atoms with E-state index in [2.05, 4.69) is 17.8 Å². The molecule has 0 nitrogen and oxygen atoms in total. The maximum absolute atomic E-state index is 5.06. The first kappa shape index (κ1) is 7.64. The molecule has 0 saturated heterocycles. The van der Waals surface area contributed by atoms with Crippen molar-refractivity contribution < 1.29 is 0 Å². The highest BCUT2D eigenvalue weighted by atomic mass is 28.1. The van der Waals surface area contributed by atoms with Gasteiger partial charge in [0.05, 0.1) is 15.8 Å². The van der Waals surface area contributed by atoms with E-state index < -0.39 is 0 Å². The van der Waals surface area contributed by atoms with E-state index in [1.807, 2.05) is 0 Å². The zero-order chi connectivity index (χ0) is 7.28. The lowest BCUT2D eigenvalue weighted by Gasteiger charge is -1.86. The highest BCUT2D eigenvalue weighted by Crippen LogP contribution is 1.94. The van der Waals surface area contributed by atoms with Crippen molar-refractivity contribution in [1.82, 2.24) is 0 Å². The Morgan fingerprint density at radius 3 is 1.56 bits per heavy atom. The molecular weight excluding hydrogens is 124 g/mol. The molecule has 0 fully saturated rings. The van der Waals surface area contributed by atoms with Gasteiger partial charge in [-0.1, -0.05) is 17.8 Å². The summed E-state index contributed by atoms with van der Waals surface area (Å²) in [4.78, 5) is 0. The zero-order valence-corrected chi connectivity index (χ0v) is 7.23. The summed E-state index contributed by atoms with van der Waals surface area (Å²) < 4.78 is 0. The standard InChI is InChI=1S/C8H6Si/c1-4-7(5-2)8(9)6-3/h1-3H,9H3. The second-order valence-electron chi connectivity index (χ2n) is 1.43. The molecule has 0 aliphatic rings. The molecule has 9 heavy (non-hydrogen) atoms. The van der Waals surface area contributed by atoms with Gasteiger partial charge in [-0.3, -0.25) is 0 Å². The minimum absolute atomic E-state index is 0.518. The van der Waals surface area contributed by atoms with Crippen molar-refractivity contribution in [1.29, 1.82) is 0 Å². The summed E-state index contributed by atoms with van der Waals surface area (Å²) in [5.74, 6) is 7.10. The van der Waals surface area contributed by atoms with Gasteiger partial charge >= 0.3 is 0 Å². The molecule has 1 heteroatoms. The number of hydrogen-bond acceptors (Lipinski definition) is 0. The second-order valence-corrected chi connectivity index (χ2v) is 2.43. The minimum Gasteiger partial charge on any atom is -0.115 e. The molecule has 0 aromatic heterocycles. The van der Waals surface area contributed by atoms with Gasteiger partial charge < -0.3 is 0 Å². The second kappa shape index (κ2) is 3.62. The van der Waals surface area contributed by atoms with Crippen LogP contribution in [0.5, 0.6) is 0 Å². The van der Waals surface area contributed by atoms with Crippen molar-refractivity contribution in [3.8, 4) is 37.0 Å². The smallest absolute Gasteiger partial charge is 0.0801 e. The van der Waals surface area contributed by atoms with Crippen LogP contribution < -0.4 is 0 Å². The zero-order valence-electron chi connectivity index (χ0n) is 5.23. The summed E-state index contributed by atoms with van der Waals surface area (Å²) >= 11 is 0. The van der Waals surface area contributed by atoms with Crippen molar-refractivity contribution in [3.05, 3.63) is 10.8 Å². The largest absolute Gasteiger partial charge is 0.115 e. The predicted molar refractivity (Wildman–Crippen MR) is 43.5 cm³/mol. The molecular formula is C8H6Si. The van der Waals surface area contributed by atoms with Gasteiger partial charge in [0, 0.05) is 5.20 Å². The highest BCUT2D eigenvalue weighted by Gasteiger charge is 1.87. The normalized spacial score (nSPS) is 6.33. The Kier molecular flexibility index (Phi) is 3.07. The van der Waals surface area contributed by atoms with E-state index in [1.54, 1.807) is 0 Å². The van der Waals surface area contributed by atoms with Crippen molar-refractivity contribution in [3.63, 3.8) is 0 Å². The number of hydrogen-bond donors (Lipinski definition) is 0. The molecule has 0 aromatic carbocycles. The lowest BCUT2D eigenvalue weighted by Crippen LogP contribution is -1.82. The third-order valence-electron chi connectivity index (χ3n) is 0.880. The molecule has 0 N–H and O–H groups in total. The van der Waals surface area contributed by atoms with E-state index in [-0.39, 0.29) is 0 Å². The van der Waals surface area contributed by atoms with Crippen LogP contribution >= 0.6 is 0 Å². The van der Waals surface area contributed by atoms with E-state index in [1.165, 1.54) is 0 Å². The Morgan fingerprint density at radius 2 is 1.44 bits per heavy atom. The fourth-order valence-corrected chi connectivity index (χ4v) is 0.619. The quantitative estimate of drug-likeness (QED) is 0.306.